The molecule has 1 aromatic carbocycles. The summed E-state index contributed by atoms with van der Waals surface area (Å²) in [6.45, 7) is 0. The van der Waals surface area contributed by atoms with Gasteiger partial charge in [0.15, 0.2) is 5.03 Å². The molecule has 1 aromatic heterocycles. The van der Waals surface area contributed by atoms with Crippen LogP contribution in [0, 0.1) is 5.82 Å². The van der Waals surface area contributed by atoms with Crippen molar-refractivity contribution in [2.24, 2.45) is 0 Å². The molecule has 0 spiro atoms. The van der Waals surface area contributed by atoms with Crippen molar-refractivity contribution in [2.45, 2.75) is 11.2 Å². The van der Waals surface area contributed by atoms with Gasteiger partial charge in [0.25, 0.3) is 10.0 Å². The molecule has 0 bridgehead atoms. The molecule has 0 saturated heterocycles. The third-order valence-corrected chi connectivity index (χ3v) is 3.60. The van der Waals surface area contributed by atoms with Gasteiger partial charge in [0, 0.05) is 5.69 Å². The lowest BCUT2D eigenvalue weighted by atomic mass is 10.2. The molecule has 0 radical (unpaired) electrons. The highest BCUT2D eigenvalue weighted by Crippen LogP contribution is 2.33. The summed E-state index contributed by atoms with van der Waals surface area (Å²) in [7, 11) is -4.10. The first kappa shape index (κ1) is 14.3. The van der Waals surface area contributed by atoms with Crippen LogP contribution in [0.1, 0.15) is 5.56 Å². The summed E-state index contributed by atoms with van der Waals surface area (Å²) in [5.41, 5.74) is -1.96. The Bertz CT molecular complexity index is 711. The minimum Gasteiger partial charge on any atom is -0.278 e. The zero-order chi connectivity index (χ0) is 15.0. The van der Waals surface area contributed by atoms with Crippen LogP contribution in [-0.4, -0.2) is 18.6 Å². The van der Waals surface area contributed by atoms with Gasteiger partial charge in [-0.3, -0.25) is 9.82 Å². The van der Waals surface area contributed by atoms with Crippen LogP contribution in [0.5, 0.6) is 0 Å². The zero-order valence-corrected chi connectivity index (χ0v) is 10.4. The molecule has 20 heavy (non-hydrogen) atoms. The number of rotatable bonds is 3. The summed E-state index contributed by atoms with van der Waals surface area (Å²) < 4.78 is 76.0. The van der Waals surface area contributed by atoms with Gasteiger partial charge in [-0.15, -0.1) is 0 Å². The first-order valence-corrected chi connectivity index (χ1v) is 6.57. The van der Waals surface area contributed by atoms with Crippen molar-refractivity contribution in [2.75, 3.05) is 4.72 Å². The second-order valence-electron chi connectivity index (χ2n) is 3.72. The van der Waals surface area contributed by atoms with E-state index in [0.29, 0.717) is 12.1 Å². The van der Waals surface area contributed by atoms with Crippen molar-refractivity contribution < 1.29 is 26.0 Å². The fourth-order valence-corrected chi connectivity index (χ4v) is 2.37. The van der Waals surface area contributed by atoms with Crippen molar-refractivity contribution in [3.05, 3.63) is 41.8 Å². The van der Waals surface area contributed by atoms with Crippen molar-refractivity contribution in [3.63, 3.8) is 0 Å². The molecule has 0 fully saturated rings. The molecule has 5 nitrogen and oxygen atoms in total. The van der Waals surface area contributed by atoms with Gasteiger partial charge < -0.3 is 0 Å². The fourth-order valence-electron chi connectivity index (χ4n) is 1.41. The lowest BCUT2D eigenvalue weighted by Gasteiger charge is -2.11. The SMILES string of the molecule is O=S(=O)(Nc1ccc(F)c(C(F)(F)F)c1)c1ccn[nH]1. The molecular weight excluding hydrogens is 302 g/mol. The predicted molar refractivity (Wildman–Crippen MR) is 60.8 cm³/mol. The van der Waals surface area contributed by atoms with Gasteiger partial charge in [0.2, 0.25) is 0 Å². The quantitative estimate of drug-likeness (QED) is 0.855. The summed E-state index contributed by atoms with van der Waals surface area (Å²) in [4.78, 5) is 0. The predicted octanol–water partition coefficient (Wildman–Crippen LogP) is 2.37. The number of nitrogens with one attached hydrogen (secondary N) is 2. The van der Waals surface area contributed by atoms with Crippen molar-refractivity contribution >= 4 is 15.7 Å². The molecule has 0 aliphatic carbocycles. The lowest BCUT2D eigenvalue weighted by molar-refractivity contribution is -0.139. The van der Waals surface area contributed by atoms with Gasteiger partial charge in [-0.1, -0.05) is 0 Å². The largest absolute Gasteiger partial charge is 0.419 e. The Morgan fingerprint density at radius 2 is 1.90 bits per heavy atom. The van der Waals surface area contributed by atoms with Crippen molar-refractivity contribution in [1.82, 2.24) is 10.2 Å². The van der Waals surface area contributed by atoms with Gasteiger partial charge >= 0.3 is 6.18 Å². The number of halogens is 4. The van der Waals surface area contributed by atoms with E-state index >= 15 is 0 Å². The molecule has 2 N–H and O–H groups in total. The molecule has 10 heteroatoms. The fraction of sp³-hybridized carbons (Fsp3) is 0.100. The van der Waals surface area contributed by atoms with E-state index in [0.717, 1.165) is 12.1 Å². The number of sulfonamides is 1. The molecule has 0 saturated carbocycles. The van der Waals surface area contributed by atoms with E-state index in [1.54, 1.807) is 0 Å². The van der Waals surface area contributed by atoms with Crippen LogP contribution in [0.25, 0.3) is 0 Å². The summed E-state index contributed by atoms with van der Waals surface area (Å²) in [6.07, 6.45) is -3.75. The Morgan fingerprint density at radius 3 is 2.45 bits per heavy atom. The Hall–Kier alpha value is -2.10. The maximum atomic E-state index is 13.1. The van der Waals surface area contributed by atoms with E-state index in [9.17, 15) is 26.0 Å². The molecule has 2 rings (SSSR count). The highest BCUT2D eigenvalue weighted by Gasteiger charge is 2.34. The Labute approximate surface area is 110 Å². The number of alkyl halides is 3. The number of anilines is 1. The highest BCUT2D eigenvalue weighted by molar-refractivity contribution is 7.92. The first-order chi connectivity index (χ1) is 9.20. The highest BCUT2D eigenvalue weighted by atomic mass is 32.2. The van der Waals surface area contributed by atoms with Crippen LogP contribution in [0.3, 0.4) is 0 Å². The number of nitrogens with zero attached hydrogens (tertiary/aromatic N) is 1. The molecule has 2 aromatic rings. The van der Waals surface area contributed by atoms with Crippen LogP contribution in [0.4, 0.5) is 23.2 Å². The molecule has 0 aliphatic rings. The molecule has 0 aliphatic heterocycles. The van der Waals surface area contributed by atoms with Crippen LogP contribution in [-0.2, 0) is 16.2 Å². The normalized spacial score (nSPS) is 12.4. The number of aromatic nitrogens is 2. The molecule has 0 amide bonds. The minimum atomic E-state index is -4.92. The maximum Gasteiger partial charge on any atom is 0.419 e. The van der Waals surface area contributed by atoms with E-state index in [4.69, 9.17) is 0 Å². The van der Waals surface area contributed by atoms with Crippen LogP contribution >= 0.6 is 0 Å². The molecule has 0 unspecified atom stereocenters. The van der Waals surface area contributed by atoms with Crippen LogP contribution in [0.2, 0.25) is 0 Å². The van der Waals surface area contributed by atoms with E-state index in [1.807, 2.05) is 4.72 Å². The van der Waals surface area contributed by atoms with E-state index in [-0.39, 0.29) is 5.03 Å². The maximum absolute atomic E-state index is 13.1. The van der Waals surface area contributed by atoms with Gasteiger partial charge in [-0.05, 0) is 24.3 Å². The summed E-state index contributed by atoms with van der Waals surface area (Å²) >= 11 is 0. The zero-order valence-electron chi connectivity index (χ0n) is 9.57. The van der Waals surface area contributed by atoms with E-state index in [2.05, 4.69) is 10.2 Å². The first-order valence-electron chi connectivity index (χ1n) is 5.09. The second kappa shape index (κ2) is 4.78. The lowest BCUT2D eigenvalue weighted by Crippen LogP contribution is -2.15. The third-order valence-electron chi connectivity index (χ3n) is 2.29. The topological polar surface area (TPSA) is 74.8 Å². The number of hydrogen-bond acceptors (Lipinski definition) is 3. The summed E-state index contributed by atoms with van der Waals surface area (Å²) in [5, 5.41) is 5.25. The molecule has 0 atom stereocenters. The summed E-state index contributed by atoms with van der Waals surface area (Å²) in [5.74, 6) is -1.48. The number of aromatic amines is 1. The van der Waals surface area contributed by atoms with Gasteiger partial charge in [-0.25, -0.2) is 4.39 Å². The number of hydrogen-bond donors (Lipinski definition) is 2. The summed E-state index contributed by atoms with van der Waals surface area (Å²) in [6, 6.07) is 2.92. The molecular formula is C10H7F4N3O2S. The van der Waals surface area contributed by atoms with E-state index < -0.39 is 33.3 Å². The van der Waals surface area contributed by atoms with Gasteiger partial charge in [-0.2, -0.15) is 26.7 Å². The van der Waals surface area contributed by atoms with Crippen LogP contribution < -0.4 is 4.72 Å². The van der Waals surface area contributed by atoms with Crippen LogP contribution in [0.15, 0.2) is 35.5 Å². The Kier molecular flexibility index (Phi) is 3.42. The van der Waals surface area contributed by atoms with E-state index in [1.165, 1.54) is 6.20 Å². The number of H-pyrrole nitrogens is 1. The Balaban J connectivity index is 2.36. The third kappa shape index (κ3) is 2.90. The van der Waals surface area contributed by atoms with Gasteiger partial charge in [0.1, 0.15) is 5.82 Å². The minimum absolute atomic E-state index is 0.324. The molecule has 108 valence electrons. The average molecular weight is 309 g/mol. The van der Waals surface area contributed by atoms with Crippen molar-refractivity contribution in [1.29, 1.82) is 0 Å². The second-order valence-corrected chi connectivity index (χ2v) is 5.37. The van der Waals surface area contributed by atoms with Crippen molar-refractivity contribution in [3.8, 4) is 0 Å². The monoisotopic (exact) mass is 309 g/mol. The average Bonchev–Trinajstić information content (AvgIpc) is 2.84. The smallest absolute Gasteiger partial charge is 0.278 e. The number of benzene rings is 1. The van der Waals surface area contributed by atoms with Gasteiger partial charge in [0.05, 0.1) is 11.8 Å². The standard InChI is InChI=1S/C10H7F4N3O2S/c11-8-2-1-6(5-7(8)10(12,13)14)17-20(18,19)9-3-4-15-16-9/h1-5,17H,(H,15,16). The Morgan fingerprint density at radius 1 is 1.20 bits per heavy atom. The molecule has 1 heterocycles.